The normalized spacial score (nSPS) is 20.0. The van der Waals surface area contributed by atoms with Gasteiger partial charge in [0.25, 0.3) is 39.5 Å². The number of piperidine rings is 1. The summed E-state index contributed by atoms with van der Waals surface area (Å²) < 4.78 is 118. The number of likely N-dealkylation sites (N-methyl/N-ethyl adjacent to an activating group) is 1. The Hall–Kier alpha value is -7.78. The van der Waals surface area contributed by atoms with Crippen molar-refractivity contribution in [2.75, 3.05) is 37.7 Å². The average Bonchev–Trinajstić information content (AvgIpc) is 1.71. The van der Waals surface area contributed by atoms with Gasteiger partial charge in [0.15, 0.2) is 11.1 Å². The number of nitrogens with one attached hydrogen (secondary N) is 1. The predicted molar refractivity (Wildman–Crippen MR) is 375 cm³/mol. The van der Waals surface area contributed by atoms with Crippen molar-refractivity contribution in [2.24, 2.45) is 0 Å². The summed E-state index contributed by atoms with van der Waals surface area (Å²) in [6.45, 7) is 15.1. The molecule has 6 atom stereocenters. The molecule has 6 aliphatic rings. The van der Waals surface area contributed by atoms with Gasteiger partial charge >= 0.3 is 5.97 Å². The number of hydrogen-bond acceptors (Lipinski definition) is 22. The minimum atomic E-state index is -5.83. The molecule has 4 unspecified atom stereocenters. The number of nitrogens with zero attached hydrogens (tertiary/aromatic N) is 3. The number of fused-ring (bicyclic) bond motifs is 4. The van der Waals surface area contributed by atoms with Gasteiger partial charge in [0.1, 0.15) is 40.7 Å². The topological polar surface area (TPSA) is 425 Å². The molecule has 5 heterocycles. The molecule has 10 rings (SSSR count). The number of allylic oxidation sites excluding steroid dienone is 6. The Kier molecular flexibility index (Phi) is 24.9. The van der Waals surface area contributed by atoms with E-state index >= 15 is 0 Å². The molecule has 2 saturated heterocycles. The largest absolute Gasteiger partial charge is 0.756 e. The first-order chi connectivity index (χ1) is 48.3. The minimum Gasteiger partial charge on any atom is -0.756 e. The van der Waals surface area contributed by atoms with Crippen LogP contribution in [0.4, 0.5) is 11.4 Å². The molecule has 0 spiro atoms. The minimum absolute atomic E-state index is 0.0744. The molecule has 0 saturated carbocycles. The molecule has 2 amide bonds. The van der Waals surface area contributed by atoms with Gasteiger partial charge in [-0.05, 0) is 163 Å². The van der Waals surface area contributed by atoms with E-state index in [1.165, 1.54) is 42.5 Å². The van der Waals surface area contributed by atoms with E-state index in [-0.39, 0.29) is 68.6 Å². The molecule has 552 valence electrons. The lowest BCUT2D eigenvalue weighted by atomic mass is 9.81. The second-order valence-corrected chi connectivity index (χ2v) is 32.4. The molecular formula is C70H78N4O24P3S2-3. The van der Waals surface area contributed by atoms with E-state index in [9.17, 15) is 79.5 Å². The van der Waals surface area contributed by atoms with Gasteiger partial charge in [-0.15, -0.1) is 11.8 Å². The molecule has 28 nitrogen and oxygen atoms in total. The smallest absolute Gasteiger partial charge is 0.336 e. The number of phosphoric ester groups is 1. The van der Waals surface area contributed by atoms with E-state index in [2.05, 4.69) is 53.6 Å². The number of anilines is 1. The average molecular weight is 1520 g/mol. The van der Waals surface area contributed by atoms with E-state index in [4.69, 9.17) is 18.2 Å². The Morgan fingerprint density at radius 3 is 2.25 bits per heavy atom. The quantitative estimate of drug-likeness (QED) is 0.00492. The zero-order valence-electron chi connectivity index (χ0n) is 57.3. The number of phenolic OH excluding ortho intramolecular Hbond substituents is 1. The van der Waals surface area contributed by atoms with E-state index in [1.54, 1.807) is 61.2 Å². The van der Waals surface area contributed by atoms with Crippen molar-refractivity contribution in [2.45, 2.75) is 146 Å². The first kappa shape index (κ1) is 79.3. The predicted octanol–water partition coefficient (Wildman–Crippen LogP) is 9.73. The molecule has 0 bridgehead atoms. The Balaban J connectivity index is 0.000000532. The fraction of sp³-hybridized carbons (Fsp3) is 0.386. The van der Waals surface area contributed by atoms with Crippen molar-refractivity contribution in [3.63, 3.8) is 0 Å². The van der Waals surface area contributed by atoms with E-state index in [1.807, 2.05) is 57.2 Å². The summed E-state index contributed by atoms with van der Waals surface area (Å²) in [5.41, 5.74) is 4.89. The van der Waals surface area contributed by atoms with Crippen molar-refractivity contribution in [1.29, 1.82) is 0 Å². The Labute approximate surface area is 597 Å². The third-order valence-electron chi connectivity index (χ3n) is 18.4. The van der Waals surface area contributed by atoms with E-state index in [0.29, 0.717) is 93.2 Å². The highest BCUT2D eigenvalue weighted by atomic mass is 32.2. The molecule has 33 heteroatoms. The highest BCUT2D eigenvalue weighted by molar-refractivity contribution is 7.85. The number of carbonyl (C=O) groups excluding carboxylic acids is 2. The van der Waals surface area contributed by atoms with Gasteiger partial charge in [0, 0.05) is 113 Å². The standard InChI is InChI=1S/C64H66N4O13S2.C6H15O11P3/c1-7-9-15-30-64(31-34-66(35-32-64)60(72)41-20-25-46(49(36-41)61(73)74)59-47-26-21-42(69)37-54(47)80-55-38-43(70)22-27-48(55)59)65-58(71)19-14-11-16-33-68-53-28-23-44(81-82(75)76)39-50(53)62(3,4)57(68)18-13-10-12-17-56-63(5,6)51-40-45(83(77,78)79)24-29-52(51)67(56)8-2;1-5-2-3-6(15-5)4-14-19(10,11)17-20(12,13)16-18(7,8)9/h10,12-13,17-18,20-29,36-40H,8,11,14-16,19,30-35H2,1-6H3,(H4-,65,69,70,71,73,74,75,76,77,78,79);5-6H,2-4H2,1H3,(H,10,11)(H,12,13)(H2,7,8,9)/p-3/t;5-,6-/m.0/s1. The summed E-state index contributed by atoms with van der Waals surface area (Å²) in [6, 6.07) is 23.1. The van der Waals surface area contributed by atoms with Gasteiger partial charge in [-0.2, -0.15) is 13.0 Å². The summed E-state index contributed by atoms with van der Waals surface area (Å²) in [7, 11) is -21.3. The summed E-state index contributed by atoms with van der Waals surface area (Å²) in [5, 5.41) is 24.6. The van der Waals surface area contributed by atoms with Crippen LogP contribution in [-0.4, -0.2) is 120 Å². The molecule has 0 aromatic heterocycles. The first-order valence-corrected chi connectivity index (χ1v) is 39.7. The summed E-state index contributed by atoms with van der Waals surface area (Å²) in [5.74, 6) is 4.69. The maximum Gasteiger partial charge on any atom is 0.336 e. The molecule has 4 aromatic carbocycles. The van der Waals surface area contributed by atoms with Crippen LogP contribution in [0.1, 0.15) is 145 Å². The summed E-state index contributed by atoms with van der Waals surface area (Å²) in [6.07, 6.45) is 14.8. The van der Waals surface area contributed by atoms with Crippen molar-refractivity contribution in [3.05, 3.63) is 160 Å². The second-order valence-electron chi connectivity index (χ2n) is 26.2. The molecule has 1 aliphatic carbocycles. The van der Waals surface area contributed by atoms with Crippen LogP contribution in [0, 0.1) is 11.8 Å². The number of unbranched alkanes of at least 4 members (excludes halogenated alkanes) is 2. The molecular weight excluding hydrogens is 1440 g/mol. The molecule has 0 radical (unpaired) electrons. The number of carboxylic acids is 1. The monoisotopic (exact) mass is 1520 g/mol. The van der Waals surface area contributed by atoms with Gasteiger partial charge in [-0.3, -0.25) is 32.6 Å². The van der Waals surface area contributed by atoms with Crippen LogP contribution >= 0.6 is 23.5 Å². The lowest BCUT2D eigenvalue weighted by molar-refractivity contribution is -0.438. The highest BCUT2D eigenvalue weighted by Crippen LogP contribution is 2.61. The number of ether oxygens (including phenoxy) is 1. The number of rotatable bonds is 26. The van der Waals surface area contributed by atoms with Crippen LogP contribution in [0.2, 0.25) is 0 Å². The lowest BCUT2D eigenvalue weighted by Gasteiger charge is -2.42. The first-order valence-electron chi connectivity index (χ1n) is 32.8. The van der Waals surface area contributed by atoms with Gasteiger partial charge < -0.3 is 67.3 Å². The number of amides is 2. The van der Waals surface area contributed by atoms with E-state index in [0.717, 1.165) is 46.8 Å². The van der Waals surface area contributed by atoms with Crippen LogP contribution < -0.4 is 34.5 Å². The molecule has 4 aromatic rings. The van der Waals surface area contributed by atoms with Crippen LogP contribution in [0.3, 0.4) is 0 Å². The van der Waals surface area contributed by atoms with Gasteiger partial charge in [-0.25, -0.2) is 17.6 Å². The number of benzene rings is 5. The van der Waals surface area contributed by atoms with Gasteiger partial charge in [-0.1, -0.05) is 38.1 Å². The number of aromatic carboxylic acids is 1. The van der Waals surface area contributed by atoms with Crippen molar-refractivity contribution in [3.8, 4) is 45.8 Å². The zero-order valence-corrected chi connectivity index (χ0v) is 61.6. The lowest BCUT2D eigenvalue weighted by Crippen LogP contribution is -2.56. The SMILES string of the molecule is CC#CCCC1(NC(=O)CCCCC[N+]2=C(C=CC=CC=C3N(CC)c4ccc(S(=O)(=O)O)cc4C3(C)C)C(C)(C)c3cc(OS(=O)[O-])ccc32)CCN(C(=O)c2ccc(-c3c4ccc(=O)cc-4oc4cc(O)ccc34)c(C(=O)O)c2)CC1.C[C@H]1CC[C@@H](COP(=O)([O-])OP(=O)([O-])OP(=O)([O-])O)O1. The van der Waals surface area contributed by atoms with Crippen LogP contribution in [0.25, 0.3) is 33.4 Å². The molecule has 5 aliphatic heterocycles. The Morgan fingerprint density at radius 2 is 1.59 bits per heavy atom. The third-order valence-corrected chi connectivity index (χ3v) is 23.3. The zero-order chi connectivity index (χ0) is 75.2. The fourth-order valence-corrected chi connectivity index (χ4v) is 17.2. The Morgan fingerprint density at radius 1 is 0.864 bits per heavy atom. The number of hydrogen-bond donors (Lipinski definition) is 5. The van der Waals surface area contributed by atoms with E-state index < -0.39 is 80.0 Å². The van der Waals surface area contributed by atoms with Gasteiger partial charge in [0.05, 0.1) is 34.7 Å². The maximum absolute atomic E-state index is 14.2. The van der Waals surface area contributed by atoms with Crippen LogP contribution in [0.5, 0.6) is 11.5 Å². The molecule has 2 fully saturated rings. The summed E-state index contributed by atoms with van der Waals surface area (Å²) >= 11 is -2.76. The fourth-order valence-electron chi connectivity index (χ4n) is 13.5. The third kappa shape index (κ3) is 19.4. The molecule has 5 N–H and O–H groups in total. The number of phenols is 1. The number of likely N-dealkylation sites (tertiary alicyclic amines) is 1. The molecule has 103 heavy (non-hydrogen) atoms. The number of carbonyl (C=O) groups is 3. The van der Waals surface area contributed by atoms with Crippen molar-refractivity contribution < 1.29 is 111 Å². The maximum atomic E-state index is 14.2. The van der Waals surface area contributed by atoms with Crippen LogP contribution in [0.15, 0.2) is 141 Å². The highest BCUT2D eigenvalue weighted by Gasteiger charge is 2.45. The van der Waals surface area contributed by atoms with Crippen molar-refractivity contribution >= 4 is 90.8 Å². The second kappa shape index (κ2) is 32.3. The number of carboxylic acid groups (broad SMARTS) is 1. The van der Waals surface area contributed by atoms with Crippen LogP contribution in [-0.2, 0) is 68.7 Å². The summed E-state index contributed by atoms with van der Waals surface area (Å²) in [4.78, 5) is 97.4. The number of phosphoric acid groups is 3. The Bertz CT molecular complexity index is 4790. The van der Waals surface area contributed by atoms with Crippen molar-refractivity contribution in [1.82, 2.24) is 10.2 Å². The number of aromatic hydroxyl groups is 1. The van der Waals surface area contributed by atoms with Gasteiger partial charge in [0.2, 0.25) is 11.6 Å².